The molecule has 3 rings (SSSR count). The van der Waals surface area contributed by atoms with Gasteiger partial charge in [0.15, 0.2) is 0 Å². The summed E-state index contributed by atoms with van der Waals surface area (Å²) in [5, 5.41) is 0.356. The van der Waals surface area contributed by atoms with Gasteiger partial charge in [-0.15, -0.1) is 0 Å². The molecule has 0 aromatic heterocycles. The van der Waals surface area contributed by atoms with E-state index in [9.17, 15) is 13.2 Å². The summed E-state index contributed by atoms with van der Waals surface area (Å²) in [7, 11) is -2.43. The lowest BCUT2D eigenvalue weighted by molar-refractivity contribution is -0.140. The van der Waals surface area contributed by atoms with Crippen LogP contribution in [0.5, 0.6) is 0 Å². The lowest BCUT2D eigenvalue weighted by atomic mass is 9.98. The largest absolute Gasteiger partial charge is 0.469 e. The van der Waals surface area contributed by atoms with Crippen molar-refractivity contribution in [1.29, 1.82) is 0 Å². The summed E-state index contributed by atoms with van der Waals surface area (Å²) < 4.78 is 32.1. The van der Waals surface area contributed by atoms with Crippen LogP contribution in [0, 0.1) is 0 Å². The van der Waals surface area contributed by atoms with Gasteiger partial charge < -0.3 is 4.74 Å². The quantitative estimate of drug-likeness (QED) is 0.780. The van der Waals surface area contributed by atoms with Gasteiger partial charge in [0.25, 0.3) is 10.0 Å². The zero-order valence-corrected chi connectivity index (χ0v) is 14.5. The average Bonchev–Trinajstić information content (AvgIpc) is 2.94. The van der Waals surface area contributed by atoms with Crippen LogP contribution in [0.15, 0.2) is 53.4 Å². The van der Waals surface area contributed by atoms with Crippen molar-refractivity contribution in [3.8, 4) is 0 Å². The van der Waals surface area contributed by atoms with E-state index in [1.165, 1.54) is 23.5 Å². The Morgan fingerprint density at radius 3 is 2.71 bits per heavy atom. The smallest absolute Gasteiger partial charge is 0.306 e. The number of anilines is 1. The van der Waals surface area contributed by atoms with Gasteiger partial charge in [-0.2, -0.15) is 0 Å². The topological polar surface area (TPSA) is 63.7 Å². The van der Waals surface area contributed by atoms with Gasteiger partial charge in [-0.05, 0) is 29.8 Å². The molecule has 1 heterocycles. The molecule has 5 nitrogen and oxygen atoms in total. The van der Waals surface area contributed by atoms with E-state index in [0.29, 0.717) is 10.7 Å². The predicted octanol–water partition coefficient (Wildman–Crippen LogP) is 3.20. The molecule has 0 bridgehead atoms. The maximum Gasteiger partial charge on any atom is 0.306 e. The van der Waals surface area contributed by atoms with Crippen LogP contribution in [0.4, 0.5) is 5.69 Å². The molecule has 7 heteroatoms. The number of sulfonamides is 1. The lowest BCUT2D eigenvalue weighted by Gasteiger charge is -2.20. The number of fused-ring (bicyclic) bond motifs is 1. The minimum Gasteiger partial charge on any atom is -0.469 e. The highest BCUT2D eigenvalue weighted by Crippen LogP contribution is 2.41. The summed E-state index contributed by atoms with van der Waals surface area (Å²) in [6.45, 7) is 0.198. The molecular formula is C17H16ClNO4S. The van der Waals surface area contributed by atoms with Crippen LogP contribution in [0.3, 0.4) is 0 Å². The molecule has 1 unspecified atom stereocenters. The van der Waals surface area contributed by atoms with Crippen molar-refractivity contribution in [3.63, 3.8) is 0 Å². The molecule has 0 spiro atoms. The first-order valence-electron chi connectivity index (χ1n) is 7.37. The Morgan fingerprint density at radius 2 is 2.00 bits per heavy atom. The summed E-state index contributed by atoms with van der Waals surface area (Å²) in [6.07, 6.45) is 0.134. The average molecular weight is 366 g/mol. The molecule has 1 atom stereocenters. The molecule has 0 N–H and O–H groups in total. The Kier molecular flexibility index (Phi) is 4.51. The number of carbonyl (C=O) groups is 1. The zero-order chi connectivity index (χ0) is 17.3. The second kappa shape index (κ2) is 6.45. The molecule has 126 valence electrons. The van der Waals surface area contributed by atoms with E-state index >= 15 is 0 Å². The fourth-order valence-electron chi connectivity index (χ4n) is 2.90. The Balaban J connectivity index is 2.02. The number of ether oxygens (including phenoxy) is 1. The van der Waals surface area contributed by atoms with Crippen molar-refractivity contribution in [2.75, 3.05) is 18.0 Å². The van der Waals surface area contributed by atoms with E-state index in [2.05, 4.69) is 0 Å². The van der Waals surface area contributed by atoms with E-state index in [1.54, 1.807) is 24.3 Å². The highest BCUT2D eigenvalue weighted by Gasteiger charge is 2.37. The lowest BCUT2D eigenvalue weighted by Crippen LogP contribution is -2.30. The number of halogens is 1. The third-order valence-corrected chi connectivity index (χ3v) is 6.07. The number of benzene rings is 2. The van der Waals surface area contributed by atoms with Crippen molar-refractivity contribution in [3.05, 3.63) is 59.1 Å². The van der Waals surface area contributed by atoms with Gasteiger partial charge >= 0.3 is 5.97 Å². The third-order valence-electron chi connectivity index (χ3n) is 4.06. The maximum atomic E-state index is 13.0. The number of carbonyl (C=O) groups excluding carboxylic acids is 1. The van der Waals surface area contributed by atoms with Gasteiger partial charge in [0, 0.05) is 17.5 Å². The minimum absolute atomic E-state index is 0.128. The van der Waals surface area contributed by atoms with E-state index in [1.807, 2.05) is 12.1 Å². The zero-order valence-electron chi connectivity index (χ0n) is 13.0. The highest BCUT2D eigenvalue weighted by molar-refractivity contribution is 7.92. The van der Waals surface area contributed by atoms with Crippen LogP contribution in [0.2, 0.25) is 5.02 Å². The van der Waals surface area contributed by atoms with Crippen molar-refractivity contribution in [2.24, 2.45) is 0 Å². The van der Waals surface area contributed by atoms with Gasteiger partial charge in [-0.1, -0.05) is 35.9 Å². The number of rotatable bonds is 4. The molecular weight excluding hydrogens is 350 g/mol. The summed E-state index contributed by atoms with van der Waals surface area (Å²) in [5.41, 5.74) is 1.42. The molecule has 24 heavy (non-hydrogen) atoms. The second-order valence-electron chi connectivity index (χ2n) is 5.53. The van der Waals surface area contributed by atoms with Crippen molar-refractivity contribution < 1.29 is 17.9 Å². The Hall–Kier alpha value is -2.05. The number of nitrogens with zero attached hydrogens (tertiary/aromatic N) is 1. The number of hydrogen-bond donors (Lipinski definition) is 0. The van der Waals surface area contributed by atoms with Crippen LogP contribution < -0.4 is 4.31 Å². The molecule has 0 aliphatic carbocycles. The standard InChI is InChI=1S/C17H16ClNO4S/c1-23-17(20)9-12-11-19(16-8-3-2-7-15(12)16)24(21,22)14-6-4-5-13(18)10-14/h2-8,10,12H,9,11H2,1H3. The first-order valence-corrected chi connectivity index (χ1v) is 9.19. The predicted molar refractivity (Wildman–Crippen MR) is 91.8 cm³/mol. The van der Waals surface area contributed by atoms with Crippen molar-refractivity contribution >= 4 is 33.3 Å². The van der Waals surface area contributed by atoms with E-state index < -0.39 is 10.0 Å². The highest BCUT2D eigenvalue weighted by atomic mass is 35.5. The normalized spacial score (nSPS) is 16.8. The molecule has 0 radical (unpaired) electrons. The van der Waals surface area contributed by atoms with E-state index in [-0.39, 0.29) is 29.7 Å². The summed E-state index contributed by atoms with van der Waals surface area (Å²) >= 11 is 5.93. The maximum absolute atomic E-state index is 13.0. The van der Waals surface area contributed by atoms with Crippen LogP contribution in [-0.2, 0) is 19.6 Å². The van der Waals surface area contributed by atoms with Crippen molar-refractivity contribution in [2.45, 2.75) is 17.2 Å². The van der Waals surface area contributed by atoms with Gasteiger partial charge in [-0.25, -0.2) is 8.42 Å². The van der Waals surface area contributed by atoms with Gasteiger partial charge in [0.1, 0.15) is 0 Å². The fraction of sp³-hybridized carbons (Fsp3) is 0.235. The molecule has 2 aromatic rings. The fourth-order valence-corrected chi connectivity index (χ4v) is 4.74. The van der Waals surface area contributed by atoms with Crippen LogP contribution in [0.25, 0.3) is 0 Å². The number of esters is 1. The molecule has 2 aromatic carbocycles. The molecule has 1 aliphatic rings. The molecule has 0 amide bonds. The van der Waals surface area contributed by atoms with Gasteiger partial charge in [0.05, 0.1) is 24.1 Å². The van der Waals surface area contributed by atoms with E-state index in [0.717, 1.165) is 5.56 Å². The summed E-state index contributed by atoms with van der Waals surface area (Å²) in [5.74, 6) is -0.598. The van der Waals surface area contributed by atoms with Crippen LogP contribution >= 0.6 is 11.6 Å². The molecule has 0 fully saturated rings. The van der Waals surface area contributed by atoms with Crippen LogP contribution in [0.1, 0.15) is 17.9 Å². The van der Waals surface area contributed by atoms with Crippen molar-refractivity contribution in [1.82, 2.24) is 0 Å². The monoisotopic (exact) mass is 365 g/mol. The number of hydrogen-bond acceptors (Lipinski definition) is 4. The number of para-hydroxylation sites is 1. The Morgan fingerprint density at radius 1 is 1.25 bits per heavy atom. The third kappa shape index (κ3) is 2.99. The summed E-state index contributed by atoms with van der Waals surface area (Å²) in [6, 6.07) is 13.4. The first kappa shape index (κ1) is 16.8. The molecule has 0 saturated carbocycles. The SMILES string of the molecule is COC(=O)CC1CN(S(=O)(=O)c2cccc(Cl)c2)c2ccccc21. The molecule has 1 aliphatic heterocycles. The first-order chi connectivity index (χ1) is 11.4. The summed E-state index contributed by atoms with van der Waals surface area (Å²) in [4.78, 5) is 11.8. The van der Waals surface area contributed by atoms with Gasteiger partial charge in [-0.3, -0.25) is 9.10 Å². The number of methoxy groups -OCH3 is 1. The molecule has 0 saturated heterocycles. The second-order valence-corrected chi connectivity index (χ2v) is 7.83. The minimum atomic E-state index is -3.75. The van der Waals surface area contributed by atoms with Gasteiger partial charge in [0.2, 0.25) is 0 Å². The van der Waals surface area contributed by atoms with Crippen LogP contribution in [-0.4, -0.2) is 28.0 Å². The van der Waals surface area contributed by atoms with E-state index in [4.69, 9.17) is 16.3 Å². The Labute approximate surface area is 145 Å². The Bertz CT molecular complexity index is 882.